The van der Waals surface area contributed by atoms with E-state index < -0.39 is 0 Å². The molecule has 0 saturated carbocycles. The molecule has 0 bridgehead atoms. The molecule has 1 atom stereocenters. The number of methoxy groups -OCH3 is 1. The Balaban J connectivity index is 1.85. The maximum Gasteiger partial charge on any atom is 0.127 e. The smallest absolute Gasteiger partial charge is 0.127 e. The zero-order valence-corrected chi connectivity index (χ0v) is 13.1. The lowest BCUT2D eigenvalue weighted by atomic mass is 10.1. The molecule has 1 aliphatic heterocycles. The van der Waals surface area contributed by atoms with E-state index in [-0.39, 0.29) is 5.60 Å². The molecule has 0 spiro atoms. The number of allylic oxidation sites excluding steroid dienone is 1. The van der Waals surface area contributed by atoms with Crippen molar-refractivity contribution in [1.82, 2.24) is 0 Å². The number of epoxide rings is 1. The van der Waals surface area contributed by atoms with Crippen LogP contribution in [-0.4, -0.2) is 18.8 Å². The molecule has 2 rings (SSSR count). The lowest BCUT2D eigenvalue weighted by Crippen LogP contribution is -2.04. The number of halogens is 1. The highest BCUT2D eigenvalue weighted by Crippen LogP contribution is 2.39. The Labute approximate surface area is 122 Å². The summed E-state index contributed by atoms with van der Waals surface area (Å²) in [5, 5.41) is 0. The fourth-order valence-electron chi connectivity index (χ4n) is 1.94. The van der Waals surface area contributed by atoms with E-state index in [9.17, 15) is 0 Å². The molecule has 19 heavy (non-hydrogen) atoms. The van der Waals surface area contributed by atoms with Gasteiger partial charge in [-0.1, -0.05) is 15.9 Å². The average molecular weight is 327 g/mol. The monoisotopic (exact) mass is 326 g/mol. The molecule has 3 nitrogen and oxygen atoms in total. The lowest BCUT2D eigenvalue weighted by Gasteiger charge is -2.09. The van der Waals surface area contributed by atoms with Gasteiger partial charge in [0.15, 0.2) is 0 Å². The van der Waals surface area contributed by atoms with Crippen molar-refractivity contribution >= 4 is 15.9 Å². The van der Waals surface area contributed by atoms with Gasteiger partial charge in [-0.15, -0.1) is 0 Å². The fraction of sp³-hybridized carbons (Fsp3) is 0.467. The Bertz CT molecular complexity index is 451. The molecule has 1 heterocycles. The second kappa shape index (κ2) is 5.97. The van der Waals surface area contributed by atoms with Crippen LogP contribution >= 0.6 is 15.9 Å². The van der Waals surface area contributed by atoms with Crippen LogP contribution in [0.25, 0.3) is 0 Å². The first-order valence-corrected chi connectivity index (χ1v) is 7.25. The molecule has 4 heteroatoms. The summed E-state index contributed by atoms with van der Waals surface area (Å²) in [7, 11) is 1.65. The summed E-state index contributed by atoms with van der Waals surface area (Å²) in [6.45, 7) is 4.22. The van der Waals surface area contributed by atoms with Crippen LogP contribution in [0.15, 0.2) is 35.0 Å². The molecule has 0 amide bonds. The SMILES string of the molecule is COc1ccc(O/C(=C\Br)CC[C@H]2OC2(C)C)cc1. The van der Waals surface area contributed by atoms with Gasteiger partial charge in [0, 0.05) is 11.4 Å². The van der Waals surface area contributed by atoms with Crippen LogP contribution in [0.5, 0.6) is 11.5 Å². The Hall–Kier alpha value is -1.00. The van der Waals surface area contributed by atoms with Crippen LogP contribution < -0.4 is 9.47 Å². The van der Waals surface area contributed by atoms with Crippen LogP contribution in [0.4, 0.5) is 0 Å². The van der Waals surface area contributed by atoms with Crippen molar-refractivity contribution in [2.75, 3.05) is 7.11 Å². The maximum absolute atomic E-state index is 5.81. The number of hydrogen-bond acceptors (Lipinski definition) is 3. The van der Waals surface area contributed by atoms with E-state index in [1.54, 1.807) is 7.11 Å². The standard InChI is InChI=1S/C15H19BrO3/c1-15(2)14(19-15)9-8-13(10-16)18-12-6-4-11(17-3)5-7-12/h4-7,10,14H,8-9H2,1-3H3/b13-10-/t14-/m1/s1. The first-order valence-electron chi connectivity index (χ1n) is 6.34. The van der Waals surface area contributed by atoms with Gasteiger partial charge in [0.2, 0.25) is 0 Å². The normalized spacial score (nSPS) is 21.1. The Morgan fingerprint density at radius 3 is 2.37 bits per heavy atom. The largest absolute Gasteiger partial charge is 0.497 e. The van der Waals surface area contributed by atoms with Crippen molar-refractivity contribution < 1.29 is 14.2 Å². The predicted octanol–water partition coefficient (Wildman–Crippen LogP) is 4.27. The van der Waals surface area contributed by atoms with Crippen LogP contribution in [0, 0.1) is 0 Å². The quantitative estimate of drug-likeness (QED) is 0.577. The minimum atomic E-state index is 0.0392. The third-order valence-corrected chi connectivity index (χ3v) is 3.76. The Morgan fingerprint density at radius 2 is 1.89 bits per heavy atom. The molecule has 0 aliphatic carbocycles. The van der Waals surface area contributed by atoms with Crippen LogP contribution in [0.2, 0.25) is 0 Å². The summed E-state index contributed by atoms with van der Waals surface area (Å²) < 4.78 is 16.5. The average Bonchev–Trinajstić information content (AvgIpc) is 3.03. The topological polar surface area (TPSA) is 31.0 Å². The zero-order valence-electron chi connectivity index (χ0n) is 11.5. The zero-order chi connectivity index (χ0) is 13.9. The summed E-state index contributed by atoms with van der Waals surface area (Å²) in [4.78, 5) is 1.83. The van der Waals surface area contributed by atoms with Crippen LogP contribution in [0.3, 0.4) is 0 Å². The van der Waals surface area contributed by atoms with E-state index in [0.29, 0.717) is 6.10 Å². The van der Waals surface area contributed by atoms with Gasteiger partial charge in [0.05, 0.1) is 18.8 Å². The molecule has 0 N–H and O–H groups in total. The van der Waals surface area contributed by atoms with Gasteiger partial charge in [0.1, 0.15) is 17.3 Å². The van der Waals surface area contributed by atoms with E-state index >= 15 is 0 Å². The highest BCUT2D eigenvalue weighted by molar-refractivity contribution is 9.11. The molecule has 1 saturated heterocycles. The summed E-state index contributed by atoms with van der Waals surface area (Å²) in [5.74, 6) is 2.53. The molecule has 0 aromatic heterocycles. The molecule has 104 valence electrons. The van der Waals surface area contributed by atoms with Gasteiger partial charge in [-0.3, -0.25) is 0 Å². The molecule has 0 radical (unpaired) electrons. The van der Waals surface area contributed by atoms with E-state index in [1.165, 1.54) is 0 Å². The molecule has 1 aliphatic rings. The summed E-state index contributed by atoms with van der Waals surface area (Å²) in [6, 6.07) is 7.56. The van der Waals surface area contributed by atoms with E-state index in [4.69, 9.17) is 14.2 Å². The summed E-state index contributed by atoms with van der Waals surface area (Å²) >= 11 is 3.35. The Morgan fingerprint density at radius 1 is 1.32 bits per heavy atom. The highest BCUT2D eigenvalue weighted by Gasteiger charge is 2.47. The maximum atomic E-state index is 5.81. The van der Waals surface area contributed by atoms with Crippen LogP contribution in [0.1, 0.15) is 26.7 Å². The van der Waals surface area contributed by atoms with Gasteiger partial charge in [0.25, 0.3) is 0 Å². The van der Waals surface area contributed by atoms with Gasteiger partial charge in [-0.2, -0.15) is 0 Å². The van der Waals surface area contributed by atoms with Crippen molar-refractivity contribution in [1.29, 1.82) is 0 Å². The summed E-state index contributed by atoms with van der Waals surface area (Å²) in [5.41, 5.74) is 0.0392. The van der Waals surface area contributed by atoms with Crippen molar-refractivity contribution in [3.8, 4) is 11.5 Å². The van der Waals surface area contributed by atoms with Crippen LogP contribution in [-0.2, 0) is 4.74 Å². The third-order valence-electron chi connectivity index (χ3n) is 3.25. The minimum Gasteiger partial charge on any atom is -0.497 e. The minimum absolute atomic E-state index is 0.0392. The number of hydrogen-bond donors (Lipinski definition) is 0. The molecule has 0 unspecified atom stereocenters. The van der Waals surface area contributed by atoms with Crippen molar-refractivity contribution in [3.05, 3.63) is 35.0 Å². The summed E-state index contributed by atoms with van der Waals surface area (Å²) in [6.07, 6.45) is 2.17. The molecular formula is C15H19BrO3. The van der Waals surface area contributed by atoms with E-state index in [1.807, 2.05) is 29.3 Å². The molecular weight excluding hydrogens is 308 g/mol. The second-order valence-corrected chi connectivity index (χ2v) is 5.56. The second-order valence-electron chi connectivity index (χ2n) is 5.10. The number of ether oxygens (including phenoxy) is 3. The van der Waals surface area contributed by atoms with Gasteiger partial charge in [-0.05, 0) is 44.5 Å². The first-order chi connectivity index (χ1) is 9.05. The van der Waals surface area contributed by atoms with Gasteiger partial charge in [-0.25, -0.2) is 0 Å². The molecule has 1 aromatic rings. The molecule has 1 aromatic carbocycles. The number of benzene rings is 1. The third kappa shape index (κ3) is 3.98. The first kappa shape index (κ1) is 14.4. The fourth-order valence-corrected chi connectivity index (χ4v) is 2.26. The van der Waals surface area contributed by atoms with Crippen molar-refractivity contribution in [3.63, 3.8) is 0 Å². The highest BCUT2D eigenvalue weighted by atomic mass is 79.9. The Kier molecular flexibility index (Phi) is 4.53. The lowest BCUT2D eigenvalue weighted by molar-refractivity contribution is 0.315. The van der Waals surface area contributed by atoms with E-state index in [0.717, 1.165) is 30.1 Å². The predicted molar refractivity (Wildman–Crippen MR) is 78.8 cm³/mol. The van der Waals surface area contributed by atoms with E-state index in [2.05, 4.69) is 29.8 Å². The van der Waals surface area contributed by atoms with Crippen molar-refractivity contribution in [2.45, 2.75) is 38.4 Å². The van der Waals surface area contributed by atoms with Crippen molar-refractivity contribution in [2.24, 2.45) is 0 Å². The molecule has 1 fully saturated rings. The van der Waals surface area contributed by atoms with Gasteiger partial charge >= 0.3 is 0 Å². The number of rotatable bonds is 6. The van der Waals surface area contributed by atoms with Gasteiger partial charge < -0.3 is 14.2 Å².